The molecule has 0 aliphatic carbocycles. The van der Waals surface area contributed by atoms with E-state index < -0.39 is 0 Å². The van der Waals surface area contributed by atoms with Crippen LogP contribution in [-0.4, -0.2) is 59.7 Å². The number of amides is 3. The largest absolute Gasteiger partial charge is 0.383 e. The van der Waals surface area contributed by atoms with Crippen molar-refractivity contribution in [1.82, 2.24) is 14.4 Å². The predicted octanol–water partition coefficient (Wildman–Crippen LogP) is 3.99. The van der Waals surface area contributed by atoms with E-state index in [1.54, 1.807) is 41.2 Å². The van der Waals surface area contributed by atoms with Gasteiger partial charge >= 0.3 is 6.03 Å². The average Bonchev–Trinajstić information content (AvgIpc) is 3.14. The van der Waals surface area contributed by atoms with Crippen LogP contribution in [0.15, 0.2) is 42.6 Å². The topological polar surface area (TPSA) is 66.8 Å². The molecule has 0 fully saturated rings. The highest BCUT2D eigenvalue weighted by molar-refractivity contribution is 6.30. The molecule has 3 amide bonds. The van der Waals surface area contributed by atoms with E-state index in [1.165, 1.54) is 0 Å². The van der Waals surface area contributed by atoms with Gasteiger partial charge in [-0.15, -0.1) is 0 Å². The van der Waals surface area contributed by atoms with Crippen LogP contribution in [0.3, 0.4) is 0 Å². The molecule has 7 nitrogen and oxygen atoms in total. The molecule has 1 aromatic carbocycles. The molecule has 0 radical (unpaired) electrons. The van der Waals surface area contributed by atoms with Gasteiger partial charge in [-0.2, -0.15) is 0 Å². The highest BCUT2D eigenvalue weighted by Gasteiger charge is 2.22. The fourth-order valence-electron chi connectivity index (χ4n) is 2.95. The SMILES string of the molecule is CCCCN(CC(=O)N(CCOC)Cc1cccn1C)C(=O)Nc1ccc(Cl)cc1. The van der Waals surface area contributed by atoms with Gasteiger partial charge in [0.05, 0.1) is 13.2 Å². The van der Waals surface area contributed by atoms with Crippen LogP contribution in [0.4, 0.5) is 10.5 Å². The number of nitrogens with one attached hydrogen (secondary N) is 1. The Morgan fingerprint density at radius 3 is 2.47 bits per heavy atom. The third-order valence-corrected chi connectivity index (χ3v) is 5.06. The van der Waals surface area contributed by atoms with Crippen LogP contribution in [-0.2, 0) is 23.1 Å². The molecule has 1 N–H and O–H groups in total. The molecular weight excluding hydrogens is 404 g/mol. The summed E-state index contributed by atoms with van der Waals surface area (Å²) in [6, 6.07) is 10.5. The number of hydrogen-bond donors (Lipinski definition) is 1. The summed E-state index contributed by atoms with van der Waals surface area (Å²) < 4.78 is 7.15. The lowest BCUT2D eigenvalue weighted by Crippen LogP contribution is -2.45. The number of anilines is 1. The van der Waals surface area contributed by atoms with Crippen molar-refractivity contribution >= 4 is 29.2 Å². The van der Waals surface area contributed by atoms with Crippen LogP contribution in [0.2, 0.25) is 5.02 Å². The number of carbonyl (C=O) groups excluding carboxylic acids is 2. The number of hydrogen-bond acceptors (Lipinski definition) is 3. The highest BCUT2D eigenvalue weighted by Crippen LogP contribution is 2.14. The Morgan fingerprint density at radius 1 is 1.13 bits per heavy atom. The maximum atomic E-state index is 13.1. The van der Waals surface area contributed by atoms with Crippen LogP contribution >= 0.6 is 11.6 Å². The van der Waals surface area contributed by atoms with E-state index in [4.69, 9.17) is 16.3 Å². The fraction of sp³-hybridized carbons (Fsp3) is 0.455. The second kappa shape index (κ2) is 12.2. The lowest BCUT2D eigenvalue weighted by molar-refractivity contribution is -0.133. The van der Waals surface area contributed by atoms with Crippen LogP contribution in [0, 0.1) is 0 Å². The zero-order valence-corrected chi connectivity index (χ0v) is 18.7. The Kier molecular flexibility index (Phi) is 9.70. The normalized spacial score (nSPS) is 10.7. The molecule has 1 aromatic heterocycles. The summed E-state index contributed by atoms with van der Waals surface area (Å²) in [6.07, 6.45) is 3.69. The Morgan fingerprint density at radius 2 is 1.87 bits per heavy atom. The van der Waals surface area contributed by atoms with Gasteiger partial charge in [0.1, 0.15) is 6.54 Å². The Bertz CT molecular complexity index is 807. The van der Waals surface area contributed by atoms with Gasteiger partial charge in [0.2, 0.25) is 5.91 Å². The first kappa shape index (κ1) is 23.8. The maximum Gasteiger partial charge on any atom is 0.322 e. The van der Waals surface area contributed by atoms with Crippen molar-refractivity contribution in [2.24, 2.45) is 7.05 Å². The number of carbonyl (C=O) groups is 2. The van der Waals surface area contributed by atoms with Crippen LogP contribution < -0.4 is 5.32 Å². The Hall–Kier alpha value is -2.51. The molecule has 0 aliphatic heterocycles. The summed E-state index contributed by atoms with van der Waals surface area (Å²) in [4.78, 5) is 29.2. The van der Waals surface area contributed by atoms with Crippen molar-refractivity contribution in [3.8, 4) is 0 Å². The highest BCUT2D eigenvalue weighted by atomic mass is 35.5. The summed E-state index contributed by atoms with van der Waals surface area (Å²) in [5, 5.41) is 3.45. The summed E-state index contributed by atoms with van der Waals surface area (Å²) in [7, 11) is 3.56. The summed E-state index contributed by atoms with van der Waals surface area (Å²) in [5.41, 5.74) is 1.66. The molecule has 0 saturated carbocycles. The summed E-state index contributed by atoms with van der Waals surface area (Å²) >= 11 is 5.91. The van der Waals surface area contributed by atoms with Gasteiger partial charge in [-0.1, -0.05) is 24.9 Å². The monoisotopic (exact) mass is 434 g/mol. The van der Waals surface area contributed by atoms with Gasteiger partial charge in [-0.3, -0.25) is 4.79 Å². The first-order valence-electron chi connectivity index (χ1n) is 10.1. The molecule has 0 unspecified atom stereocenters. The third-order valence-electron chi connectivity index (χ3n) is 4.81. The molecule has 0 atom stereocenters. The molecule has 2 rings (SSSR count). The number of aromatic nitrogens is 1. The lowest BCUT2D eigenvalue weighted by atomic mass is 10.3. The maximum absolute atomic E-state index is 13.1. The zero-order valence-electron chi connectivity index (χ0n) is 17.9. The number of benzene rings is 1. The molecule has 8 heteroatoms. The number of methoxy groups -OCH3 is 1. The van der Waals surface area contributed by atoms with Gasteiger partial charge in [0.25, 0.3) is 0 Å². The van der Waals surface area contributed by atoms with Crippen LogP contribution in [0.25, 0.3) is 0 Å². The van der Waals surface area contributed by atoms with Gasteiger partial charge in [-0.25, -0.2) is 4.79 Å². The van der Waals surface area contributed by atoms with E-state index in [9.17, 15) is 9.59 Å². The van der Waals surface area contributed by atoms with E-state index in [0.29, 0.717) is 37.0 Å². The molecule has 30 heavy (non-hydrogen) atoms. The third kappa shape index (κ3) is 7.39. The number of rotatable bonds is 11. The summed E-state index contributed by atoms with van der Waals surface area (Å²) in [6.45, 7) is 3.92. The number of ether oxygens (including phenoxy) is 1. The smallest absolute Gasteiger partial charge is 0.322 e. The fourth-order valence-corrected chi connectivity index (χ4v) is 3.08. The lowest BCUT2D eigenvalue weighted by Gasteiger charge is -2.28. The molecule has 164 valence electrons. The molecule has 0 saturated heterocycles. The van der Waals surface area contributed by atoms with Crippen LogP contribution in [0.5, 0.6) is 0 Å². The average molecular weight is 435 g/mol. The van der Waals surface area contributed by atoms with Gasteiger partial charge in [0.15, 0.2) is 0 Å². The quantitative estimate of drug-likeness (QED) is 0.581. The minimum atomic E-state index is -0.301. The molecular formula is C22H31ClN4O3. The number of halogens is 1. The molecule has 0 aliphatic rings. The summed E-state index contributed by atoms with van der Waals surface area (Å²) in [5.74, 6) is -0.115. The Balaban J connectivity index is 2.08. The van der Waals surface area contributed by atoms with Crippen molar-refractivity contribution < 1.29 is 14.3 Å². The van der Waals surface area contributed by atoms with Crippen molar-refractivity contribution in [2.75, 3.05) is 38.7 Å². The number of unbranched alkanes of at least 4 members (excludes halogenated alkanes) is 1. The molecule has 0 spiro atoms. The van der Waals surface area contributed by atoms with Gasteiger partial charge in [-0.05, 0) is 42.8 Å². The second-order valence-electron chi connectivity index (χ2n) is 7.13. The molecule has 2 aromatic rings. The van der Waals surface area contributed by atoms with Crippen molar-refractivity contribution in [3.05, 3.63) is 53.3 Å². The van der Waals surface area contributed by atoms with Gasteiger partial charge < -0.3 is 24.4 Å². The molecule has 0 bridgehead atoms. The van der Waals surface area contributed by atoms with E-state index in [2.05, 4.69) is 12.2 Å². The minimum absolute atomic E-state index is 0.00750. The van der Waals surface area contributed by atoms with E-state index in [-0.39, 0.29) is 18.5 Å². The predicted molar refractivity (Wildman–Crippen MR) is 120 cm³/mol. The zero-order chi connectivity index (χ0) is 21.9. The number of nitrogens with zero attached hydrogens (tertiary/aromatic N) is 3. The van der Waals surface area contributed by atoms with Crippen molar-refractivity contribution in [3.63, 3.8) is 0 Å². The standard InChI is InChI=1S/C22H31ClN4O3/c1-4-5-13-27(22(29)24-19-10-8-18(23)9-11-19)17-21(28)26(14-15-30-3)16-20-7-6-12-25(20)2/h6-12H,4-5,13-17H2,1-3H3,(H,24,29). The van der Waals surface area contributed by atoms with Crippen LogP contribution in [0.1, 0.15) is 25.5 Å². The molecule has 1 heterocycles. The van der Waals surface area contributed by atoms with Gasteiger partial charge in [0, 0.05) is 49.8 Å². The van der Waals surface area contributed by atoms with Crippen molar-refractivity contribution in [2.45, 2.75) is 26.3 Å². The second-order valence-corrected chi connectivity index (χ2v) is 7.57. The number of urea groups is 1. The van der Waals surface area contributed by atoms with E-state index >= 15 is 0 Å². The Labute approximate surface area is 183 Å². The number of aryl methyl sites for hydroxylation is 1. The first-order valence-corrected chi connectivity index (χ1v) is 10.5. The van der Waals surface area contributed by atoms with E-state index in [1.807, 2.05) is 29.9 Å². The van der Waals surface area contributed by atoms with Crippen molar-refractivity contribution in [1.29, 1.82) is 0 Å². The first-order chi connectivity index (χ1) is 14.4. The minimum Gasteiger partial charge on any atom is -0.383 e. The van der Waals surface area contributed by atoms with E-state index in [0.717, 1.165) is 18.5 Å².